The van der Waals surface area contributed by atoms with E-state index in [1.807, 2.05) is 39.1 Å². The summed E-state index contributed by atoms with van der Waals surface area (Å²) in [5.74, 6) is 0.603. The second-order valence-electron chi connectivity index (χ2n) is 4.74. The number of nitrogens with two attached hydrogens (primary N) is 1. The average Bonchev–Trinajstić information content (AvgIpc) is 2.62. The Balaban J connectivity index is 2.15. The van der Waals surface area contributed by atoms with E-state index in [2.05, 4.69) is 5.10 Å². The molecule has 0 fully saturated rings. The van der Waals surface area contributed by atoms with Gasteiger partial charge in [0.15, 0.2) is 0 Å². The van der Waals surface area contributed by atoms with Crippen LogP contribution in [0.5, 0.6) is 5.75 Å². The van der Waals surface area contributed by atoms with Crippen molar-refractivity contribution in [2.75, 3.05) is 0 Å². The molecule has 108 valence electrons. The molecule has 2 aromatic rings. The van der Waals surface area contributed by atoms with E-state index in [1.165, 1.54) is 0 Å². The molecule has 1 aromatic heterocycles. The largest absolute Gasteiger partial charge is 0.486 e. The quantitative estimate of drug-likeness (QED) is 0.937. The summed E-state index contributed by atoms with van der Waals surface area (Å²) in [4.78, 5) is 0. The number of rotatable bonds is 4. The molecule has 0 saturated heterocycles. The number of hydrogen-bond acceptors (Lipinski definition) is 3. The summed E-state index contributed by atoms with van der Waals surface area (Å²) < 4.78 is 7.42. The van der Waals surface area contributed by atoms with Gasteiger partial charge in [-0.1, -0.05) is 29.3 Å². The zero-order valence-corrected chi connectivity index (χ0v) is 13.2. The van der Waals surface area contributed by atoms with Crippen LogP contribution in [-0.2, 0) is 13.7 Å². The summed E-state index contributed by atoms with van der Waals surface area (Å²) in [7, 11) is 1.83. The van der Waals surface area contributed by atoms with Gasteiger partial charge < -0.3 is 10.5 Å². The fourth-order valence-corrected chi connectivity index (χ4v) is 2.36. The first-order chi connectivity index (χ1) is 9.40. The topological polar surface area (TPSA) is 53.1 Å². The van der Waals surface area contributed by atoms with Gasteiger partial charge in [0.1, 0.15) is 12.4 Å². The van der Waals surface area contributed by atoms with Gasteiger partial charge in [0.05, 0.1) is 21.4 Å². The van der Waals surface area contributed by atoms with Gasteiger partial charge in [0.25, 0.3) is 0 Å². The van der Waals surface area contributed by atoms with Crippen LogP contribution in [0.2, 0.25) is 10.0 Å². The van der Waals surface area contributed by atoms with Crippen molar-refractivity contribution >= 4 is 23.2 Å². The normalized spacial score (nSPS) is 12.5. The molecule has 1 atom stereocenters. The van der Waals surface area contributed by atoms with E-state index in [0.717, 1.165) is 17.0 Å². The average molecular weight is 314 g/mol. The maximum absolute atomic E-state index is 6.19. The molecule has 4 nitrogen and oxygen atoms in total. The second-order valence-corrected chi connectivity index (χ2v) is 5.52. The smallest absolute Gasteiger partial charge is 0.138 e. The predicted octanol–water partition coefficient (Wildman–Crippen LogP) is 3.63. The zero-order chi connectivity index (χ0) is 14.9. The van der Waals surface area contributed by atoms with Gasteiger partial charge in [0.2, 0.25) is 0 Å². The zero-order valence-electron chi connectivity index (χ0n) is 11.7. The molecule has 20 heavy (non-hydrogen) atoms. The van der Waals surface area contributed by atoms with Crippen LogP contribution in [0.1, 0.15) is 29.9 Å². The highest BCUT2D eigenvalue weighted by molar-refractivity contribution is 6.32. The molecule has 0 amide bonds. The highest BCUT2D eigenvalue weighted by Gasteiger charge is 2.13. The van der Waals surface area contributed by atoms with Crippen molar-refractivity contribution in [1.29, 1.82) is 0 Å². The molecule has 2 N–H and O–H groups in total. The molecule has 0 unspecified atom stereocenters. The Morgan fingerprint density at radius 2 is 2.10 bits per heavy atom. The molecule has 2 rings (SSSR count). The molecule has 0 radical (unpaired) electrons. The molecule has 6 heteroatoms. The number of aromatic nitrogens is 2. The van der Waals surface area contributed by atoms with Gasteiger partial charge in [-0.2, -0.15) is 5.10 Å². The Morgan fingerprint density at radius 1 is 1.40 bits per heavy atom. The minimum atomic E-state index is -0.0595. The van der Waals surface area contributed by atoms with Crippen LogP contribution in [0.25, 0.3) is 0 Å². The van der Waals surface area contributed by atoms with Crippen LogP contribution < -0.4 is 10.5 Å². The number of halogens is 2. The lowest BCUT2D eigenvalue weighted by Crippen LogP contribution is -2.06. The van der Waals surface area contributed by atoms with Crippen molar-refractivity contribution in [2.24, 2.45) is 12.8 Å². The first-order valence-corrected chi connectivity index (χ1v) is 7.01. The highest BCUT2D eigenvalue weighted by atomic mass is 35.5. The van der Waals surface area contributed by atoms with Gasteiger partial charge in [-0.25, -0.2) is 0 Å². The Labute approximate surface area is 128 Å². The standard InChI is InChI=1S/C14H17Cl2N3O/c1-8(17)10-4-5-13(11(15)6-10)20-7-12-14(16)9(2)18-19(12)3/h4-6,8H,7,17H2,1-3H3/t8-/m0/s1. The van der Waals surface area contributed by atoms with Crippen molar-refractivity contribution in [2.45, 2.75) is 26.5 Å². The lowest BCUT2D eigenvalue weighted by Gasteiger charge is -2.11. The van der Waals surface area contributed by atoms with Crippen molar-refractivity contribution in [3.8, 4) is 5.75 Å². The number of hydrogen-bond donors (Lipinski definition) is 1. The van der Waals surface area contributed by atoms with Gasteiger partial charge in [-0.05, 0) is 31.5 Å². The first kappa shape index (κ1) is 15.2. The highest BCUT2D eigenvalue weighted by Crippen LogP contribution is 2.29. The second kappa shape index (κ2) is 6.04. The molecule has 0 bridgehead atoms. The molecule has 0 aliphatic carbocycles. The van der Waals surface area contributed by atoms with E-state index in [4.69, 9.17) is 33.7 Å². The van der Waals surface area contributed by atoms with Gasteiger partial charge in [0, 0.05) is 13.1 Å². The van der Waals surface area contributed by atoms with E-state index >= 15 is 0 Å². The lowest BCUT2D eigenvalue weighted by molar-refractivity contribution is 0.295. The minimum Gasteiger partial charge on any atom is -0.486 e. The van der Waals surface area contributed by atoms with Crippen molar-refractivity contribution in [3.05, 3.63) is 45.2 Å². The summed E-state index contributed by atoms with van der Waals surface area (Å²) >= 11 is 12.4. The number of aryl methyl sites for hydroxylation is 2. The molecule has 0 aliphatic heterocycles. The lowest BCUT2D eigenvalue weighted by atomic mass is 10.1. The van der Waals surface area contributed by atoms with Crippen LogP contribution >= 0.6 is 23.2 Å². The van der Waals surface area contributed by atoms with Gasteiger partial charge >= 0.3 is 0 Å². The Kier molecular flexibility index (Phi) is 4.58. The van der Waals surface area contributed by atoms with Gasteiger partial charge in [-0.3, -0.25) is 4.68 Å². The van der Waals surface area contributed by atoms with E-state index in [-0.39, 0.29) is 6.04 Å². The van der Waals surface area contributed by atoms with Crippen LogP contribution in [-0.4, -0.2) is 9.78 Å². The van der Waals surface area contributed by atoms with Gasteiger partial charge in [-0.15, -0.1) is 0 Å². The Hall–Kier alpha value is -1.23. The maximum Gasteiger partial charge on any atom is 0.138 e. The molecule has 1 heterocycles. The maximum atomic E-state index is 6.19. The summed E-state index contributed by atoms with van der Waals surface area (Å²) in [6, 6.07) is 5.48. The fourth-order valence-electron chi connectivity index (χ4n) is 1.90. The molecule has 0 aliphatic rings. The van der Waals surface area contributed by atoms with Crippen LogP contribution in [0.15, 0.2) is 18.2 Å². The summed E-state index contributed by atoms with van der Waals surface area (Å²) in [5.41, 5.74) is 8.38. The van der Waals surface area contributed by atoms with E-state index < -0.39 is 0 Å². The van der Waals surface area contributed by atoms with Crippen LogP contribution in [0.3, 0.4) is 0 Å². The third-order valence-corrected chi connectivity index (χ3v) is 3.89. The Morgan fingerprint density at radius 3 is 2.60 bits per heavy atom. The summed E-state index contributed by atoms with van der Waals surface area (Å²) in [6.07, 6.45) is 0. The van der Waals surface area contributed by atoms with E-state index in [1.54, 1.807) is 4.68 Å². The third-order valence-electron chi connectivity index (χ3n) is 3.11. The number of nitrogens with zero attached hydrogens (tertiary/aromatic N) is 2. The van der Waals surface area contributed by atoms with Crippen LogP contribution in [0, 0.1) is 6.92 Å². The molecular weight excluding hydrogens is 297 g/mol. The SMILES string of the molecule is Cc1nn(C)c(COc2ccc([C@H](C)N)cc2Cl)c1Cl. The molecule has 0 saturated carbocycles. The van der Waals surface area contributed by atoms with E-state index in [9.17, 15) is 0 Å². The van der Waals surface area contributed by atoms with Crippen molar-refractivity contribution < 1.29 is 4.74 Å². The summed E-state index contributed by atoms with van der Waals surface area (Å²) in [6.45, 7) is 4.08. The number of ether oxygens (including phenoxy) is 1. The minimum absolute atomic E-state index is 0.0595. The molecule has 0 spiro atoms. The molecule has 1 aromatic carbocycles. The Bertz CT molecular complexity index is 623. The van der Waals surface area contributed by atoms with Crippen molar-refractivity contribution in [3.63, 3.8) is 0 Å². The first-order valence-electron chi connectivity index (χ1n) is 6.26. The summed E-state index contributed by atoms with van der Waals surface area (Å²) in [5, 5.41) is 5.40. The van der Waals surface area contributed by atoms with Crippen LogP contribution in [0.4, 0.5) is 0 Å². The fraction of sp³-hybridized carbons (Fsp3) is 0.357. The van der Waals surface area contributed by atoms with E-state index in [0.29, 0.717) is 22.4 Å². The monoisotopic (exact) mass is 313 g/mol. The third kappa shape index (κ3) is 3.08. The van der Waals surface area contributed by atoms with Crippen molar-refractivity contribution in [1.82, 2.24) is 9.78 Å². The molecular formula is C14H17Cl2N3O. The number of benzene rings is 1. The predicted molar refractivity (Wildman–Crippen MR) is 81.3 cm³/mol.